The number of primary amides is 1. The Balaban J connectivity index is 2.32. The van der Waals surface area contributed by atoms with Gasteiger partial charge in [-0.25, -0.2) is 0 Å². The summed E-state index contributed by atoms with van der Waals surface area (Å²) >= 11 is 0. The van der Waals surface area contributed by atoms with Crippen molar-refractivity contribution in [3.8, 4) is 5.75 Å². The van der Waals surface area contributed by atoms with Crippen molar-refractivity contribution in [2.75, 3.05) is 12.4 Å². The van der Waals surface area contributed by atoms with Crippen LogP contribution in [-0.4, -0.2) is 29.1 Å². The molecular formula is C13H14N4O3. The molecule has 0 radical (unpaired) electrons. The zero-order valence-corrected chi connectivity index (χ0v) is 11.1. The Kier molecular flexibility index (Phi) is 3.69. The van der Waals surface area contributed by atoms with E-state index in [1.807, 2.05) is 0 Å². The maximum atomic E-state index is 12.1. The van der Waals surface area contributed by atoms with Crippen LogP contribution in [0.15, 0.2) is 24.4 Å². The molecule has 1 heterocycles. The summed E-state index contributed by atoms with van der Waals surface area (Å²) < 4.78 is 5.14. The Bertz CT molecular complexity index is 663. The minimum absolute atomic E-state index is 0.282. The fourth-order valence-corrected chi connectivity index (χ4v) is 1.73. The van der Waals surface area contributed by atoms with Gasteiger partial charge in [-0.2, -0.15) is 5.10 Å². The van der Waals surface area contributed by atoms with Crippen LogP contribution in [0.4, 0.5) is 5.69 Å². The number of hydrogen-bond donors (Lipinski definition) is 3. The van der Waals surface area contributed by atoms with Gasteiger partial charge in [0, 0.05) is 11.3 Å². The molecule has 0 bridgehead atoms. The number of aromatic amines is 1. The quantitative estimate of drug-likeness (QED) is 0.774. The summed E-state index contributed by atoms with van der Waals surface area (Å²) in [4.78, 5) is 23.3. The van der Waals surface area contributed by atoms with Gasteiger partial charge < -0.3 is 15.8 Å². The molecule has 2 amide bonds. The van der Waals surface area contributed by atoms with Crippen LogP contribution in [0.5, 0.6) is 5.75 Å². The molecule has 0 saturated heterocycles. The Morgan fingerprint density at radius 1 is 1.40 bits per heavy atom. The van der Waals surface area contributed by atoms with E-state index in [1.54, 1.807) is 13.0 Å². The number of nitrogens with one attached hydrogen (secondary N) is 2. The van der Waals surface area contributed by atoms with Crippen molar-refractivity contribution >= 4 is 17.5 Å². The number of ether oxygens (including phenoxy) is 1. The van der Waals surface area contributed by atoms with Crippen LogP contribution in [0.2, 0.25) is 0 Å². The van der Waals surface area contributed by atoms with E-state index < -0.39 is 5.91 Å². The third-order valence-electron chi connectivity index (χ3n) is 2.81. The summed E-state index contributed by atoms with van der Waals surface area (Å²) in [6.07, 6.45) is 1.43. The molecule has 0 aliphatic rings. The summed E-state index contributed by atoms with van der Waals surface area (Å²) in [5.74, 6) is -0.497. The van der Waals surface area contributed by atoms with Gasteiger partial charge in [0.25, 0.3) is 5.91 Å². The minimum Gasteiger partial charge on any atom is -0.495 e. The van der Waals surface area contributed by atoms with Crippen LogP contribution >= 0.6 is 0 Å². The van der Waals surface area contributed by atoms with Gasteiger partial charge >= 0.3 is 0 Å². The number of amides is 2. The molecule has 0 atom stereocenters. The summed E-state index contributed by atoms with van der Waals surface area (Å²) in [5, 5.41) is 9.13. The van der Waals surface area contributed by atoms with Crippen molar-refractivity contribution in [3.05, 3.63) is 41.2 Å². The second-order valence-corrected chi connectivity index (χ2v) is 4.14. The molecular weight excluding hydrogens is 260 g/mol. The molecule has 0 spiro atoms. The van der Waals surface area contributed by atoms with E-state index in [1.165, 1.54) is 25.4 Å². The van der Waals surface area contributed by atoms with Crippen LogP contribution in [0.25, 0.3) is 0 Å². The average molecular weight is 274 g/mol. The number of aryl methyl sites for hydroxylation is 1. The zero-order valence-electron chi connectivity index (χ0n) is 11.1. The zero-order chi connectivity index (χ0) is 14.7. The predicted octanol–water partition coefficient (Wildman–Crippen LogP) is 1.08. The van der Waals surface area contributed by atoms with Gasteiger partial charge in [-0.05, 0) is 25.1 Å². The van der Waals surface area contributed by atoms with E-state index in [-0.39, 0.29) is 11.5 Å². The molecule has 1 aromatic heterocycles. The molecule has 4 N–H and O–H groups in total. The molecule has 0 aliphatic carbocycles. The van der Waals surface area contributed by atoms with Crippen molar-refractivity contribution in [1.29, 1.82) is 0 Å². The molecule has 0 aliphatic heterocycles. The fraction of sp³-hybridized carbons (Fsp3) is 0.154. The number of hydrogen-bond acceptors (Lipinski definition) is 4. The standard InChI is InChI=1S/C13H14N4O3/c1-7-9(6-15-17-7)13(19)16-10-5-8(12(14)18)3-4-11(10)20-2/h3-6H,1-2H3,(H2,14,18)(H,15,17)(H,16,19). The number of nitrogens with two attached hydrogens (primary N) is 1. The SMILES string of the molecule is COc1ccc(C(N)=O)cc1NC(=O)c1cn[nH]c1C. The lowest BCUT2D eigenvalue weighted by Gasteiger charge is -2.11. The van der Waals surface area contributed by atoms with Crippen LogP contribution in [0.3, 0.4) is 0 Å². The molecule has 20 heavy (non-hydrogen) atoms. The lowest BCUT2D eigenvalue weighted by molar-refractivity contribution is 0.0996. The largest absolute Gasteiger partial charge is 0.495 e. The summed E-state index contributed by atoms with van der Waals surface area (Å²) in [6.45, 7) is 1.74. The first kappa shape index (κ1) is 13.6. The van der Waals surface area contributed by atoms with Crippen LogP contribution in [0.1, 0.15) is 26.4 Å². The number of H-pyrrole nitrogens is 1. The Hall–Kier alpha value is -2.83. The summed E-state index contributed by atoms with van der Waals surface area (Å²) in [5.41, 5.74) is 6.93. The third-order valence-corrected chi connectivity index (χ3v) is 2.81. The van der Waals surface area contributed by atoms with Gasteiger partial charge in [0.1, 0.15) is 5.75 Å². The van der Waals surface area contributed by atoms with Crippen LogP contribution in [0, 0.1) is 6.92 Å². The smallest absolute Gasteiger partial charge is 0.259 e. The maximum absolute atomic E-state index is 12.1. The molecule has 7 nitrogen and oxygen atoms in total. The number of carbonyl (C=O) groups excluding carboxylic acids is 2. The van der Waals surface area contributed by atoms with Crippen molar-refractivity contribution in [3.63, 3.8) is 0 Å². The average Bonchev–Trinajstić information content (AvgIpc) is 2.84. The first-order valence-electron chi connectivity index (χ1n) is 5.82. The number of rotatable bonds is 4. The van der Waals surface area contributed by atoms with Gasteiger partial charge in [-0.1, -0.05) is 0 Å². The first-order chi connectivity index (χ1) is 9.52. The molecule has 7 heteroatoms. The Labute approximate surface area is 115 Å². The maximum Gasteiger partial charge on any atom is 0.259 e. The van der Waals surface area contributed by atoms with E-state index in [0.717, 1.165) is 0 Å². The molecule has 1 aromatic carbocycles. The van der Waals surface area contributed by atoms with Crippen molar-refractivity contribution in [2.24, 2.45) is 5.73 Å². The molecule has 0 fully saturated rings. The van der Waals surface area contributed by atoms with Gasteiger partial charge in [0.15, 0.2) is 0 Å². The number of anilines is 1. The highest BCUT2D eigenvalue weighted by atomic mass is 16.5. The first-order valence-corrected chi connectivity index (χ1v) is 5.82. The second-order valence-electron chi connectivity index (χ2n) is 4.14. The van der Waals surface area contributed by atoms with Crippen LogP contribution < -0.4 is 15.8 Å². The second kappa shape index (κ2) is 5.43. The molecule has 104 valence electrons. The highest BCUT2D eigenvalue weighted by molar-refractivity contribution is 6.06. The van der Waals surface area contributed by atoms with Crippen molar-refractivity contribution in [2.45, 2.75) is 6.92 Å². The molecule has 0 saturated carbocycles. The number of carbonyl (C=O) groups is 2. The number of nitrogens with zero attached hydrogens (tertiary/aromatic N) is 1. The summed E-state index contributed by atoms with van der Waals surface area (Å²) in [7, 11) is 1.47. The molecule has 2 aromatic rings. The van der Waals surface area contributed by atoms with E-state index in [2.05, 4.69) is 15.5 Å². The topological polar surface area (TPSA) is 110 Å². The van der Waals surface area contributed by atoms with E-state index in [4.69, 9.17) is 10.5 Å². The molecule has 0 unspecified atom stereocenters. The number of methoxy groups -OCH3 is 1. The highest BCUT2D eigenvalue weighted by Crippen LogP contribution is 2.26. The normalized spacial score (nSPS) is 10.1. The van der Waals surface area contributed by atoms with Gasteiger partial charge in [-0.15, -0.1) is 0 Å². The summed E-state index contributed by atoms with van der Waals surface area (Å²) in [6, 6.07) is 4.56. The Morgan fingerprint density at radius 2 is 2.15 bits per heavy atom. The third kappa shape index (κ3) is 2.61. The lowest BCUT2D eigenvalue weighted by Crippen LogP contribution is -2.15. The van der Waals surface area contributed by atoms with E-state index in [9.17, 15) is 9.59 Å². The van der Waals surface area contributed by atoms with Gasteiger partial charge in [0.05, 0.1) is 24.6 Å². The fourth-order valence-electron chi connectivity index (χ4n) is 1.73. The van der Waals surface area contributed by atoms with Crippen molar-refractivity contribution in [1.82, 2.24) is 10.2 Å². The highest BCUT2D eigenvalue weighted by Gasteiger charge is 2.14. The van der Waals surface area contributed by atoms with Crippen molar-refractivity contribution < 1.29 is 14.3 Å². The number of aromatic nitrogens is 2. The van der Waals surface area contributed by atoms with Crippen LogP contribution in [-0.2, 0) is 0 Å². The molecule has 2 rings (SSSR count). The Morgan fingerprint density at radius 3 is 2.70 bits per heavy atom. The van der Waals surface area contributed by atoms with Gasteiger partial charge in [0.2, 0.25) is 5.91 Å². The lowest BCUT2D eigenvalue weighted by atomic mass is 10.1. The number of benzene rings is 1. The van der Waals surface area contributed by atoms with Gasteiger partial charge in [-0.3, -0.25) is 14.7 Å². The van der Waals surface area contributed by atoms with E-state index in [0.29, 0.717) is 22.7 Å². The minimum atomic E-state index is -0.581. The monoisotopic (exact) mass is 274 g/mol. The van der Waals surface area contributed by atoms with E-state index >= 15 is 0 Å². The predicted molar refractivity (Wildman–Crippen MR) is 72.8 cm³/mol.